The SMILES string of the molecule is Cc1cccc(C(=O)NNC(=O)C23CCC(C)(C(=O)C2Br)C3(C)C)c1. The van der Waals surface area contributed by atoms with Crippen LogP contribution in [-0.4, -0.2) is 22.4 Å². The first-order valence-corrected chi connectivity index (χ1v) is 9.35. The van der Waals surface area contributed by atoms with Crippen LogP contribution < -0.4 is 10.9 Å². The molecule has 2 N–H and O–H groups in total. The van der Waals surface area contributed by atoms with Crippen LogP contribution in [0.1, 0.15) is 49.5 Å². The first kappa shape index (κ1) is 18.1. The van der Waals surface area contributed by atoms with Gasteiger partial charge in [-0.05, 0) is 37.3 Å². The minimum Gasteiger partial charge on any atom is -0.298 e. The standard InChI is InChI=1S/C19H23BrN2O3/c1-11-6-5-7-12(10-11)15(24)21-22-16(25)19-9-8-18(4,17(19,2)3)14(23)13(19)20/h5-7,10,13H,8-9H2,1-4H3,(H,21,24)(H,22,25). The monoisotopic (exact) mass is 406 g/mol. The van der Waals surface area contributed by atoms with E-state index in [-0.39, 0.29) is 17.6 Å². The number of hydrazine groups is 1. The summed E-state index contributed by atoms with van der Waals surface area (Å²) in [5.41, 5.74) is 4.61. The number of amides is 2. The van der Waals surface area contributed by atoms with Gasteiger partial charge in [0.25, 0.3) is 5.91 Å². The fourth-order valence-electron chi connectivity index (χ4n) is 4.54. The predicted octanol–water partition coefficient (Wildman–Crippen LogP) is 2.91. The molecule has 134 valence electrons. The molecule has 3 unspecified atom stereocenters. The highest BCUT2D eigenvalue weighted by Gasteiger charge is 2.76. The molecule has 25 heavy (non-hydrogen) atoms. The Bertz CT molecular complexity index is 776. The molecule has 1 aromatic rings. The van der Waals surface area contributed by atoms with Gasteiger partial charge in [-0.1, -0.05) is 54.4 Å². The van der Waals surface area contributed by atoms with Crippen molar-refractivity contribution in [1.82, 2.24) is 10.9 Å². The number of fused-ring (bicyclic) bond motifs is 2. The zero-order valence-corrected chi connectivity index (χ0v) is 16.5. The molecule has 2 amide bonds. The molecule has 2 saturated carbocycles. The second-order valence-corrected chi connectivity index (χ2v) is 8.85. The van der Waals surface area contributed by atoms with Gasteiger partial charge in [0.1, 0.15) is 0 Å². The number of hydrogen-bond acceptors (Lipinski definition) is 3. The topological polar surface area (TPSA) is 75.3 Å². The van der Waals surface area contributed by atoms with E-state index < -0.39 is 21.1 Å². The van der Waals surface area contributed by atoms with E-state index in [1.54, 1.807) is 18.2 Å². The number of Topliss-reactive ketones (excluding diaryl/α,β-unsaturated/α-hetero) is 1. The van der Waals surface area contributed by atoms with Crippen LogP contribution >= 0.6 is 15.9 Å². The van der Waals surface area contributed by atoms with Gasteiger partial charge < -0.3 is 0 Å². The zero-order valence-electron chi connectivity index (χ0n) is 14.9. The van der Waals surface area contributed by atoms with Crippen molar-refractivity contribution in [2.75, 3.05) is 0 Å². The maximum atomic E-state index is 13.0. The third kappa shape index (κ3) is 2.23. The molecule has 2 aliphatic carbocycles. The molecule has 0 heterocycles. The molecule has 2 fully saturated rings. The molecular formula is C19H23BrN2O3. The second kappa shape index (κ2) is 5.66. The Labute approximate surface area is 156 Å². The number of benzene rings is 1. The molecule has 3 rings (SSSR count). The lowest BCUT2D eigenvalue weighted by atomic mass is 9.64. The van der Waals surface area contributed by atoms with Crippen LogP contribution in [0.2, 0.25) is 0 Å². The fraction of sp³-hybridized carbons (Fsp3) is 0.526. The summed E-state index contributed by atoms with van der Waals surface area (Å²) in [6, 6.07) is 7.13. The van der Waals surface area contributed by atoms with Crippen LogP contribution in [0.4, 0.5) is 0 Å². The van der Waals surface area contributed by atoms with E-state index in [9.17, 15) is 14.4 Å². The van der Waals surface area contributed by atoms with E-state index in [0.717, 1.165) is 5.56 Å². The normalized spacial score (nSPS) is 32.5. The highest BCUT2D eigenvalue weighted by atomic mass is 79.9. The molecule has 2 bridgehead atoms. The summed E-state index contributed by atoms with van der Waals surface area (Å²) in [6.45, 7) is 7.79. The third-order valence-electron chi connectivity index (χ3n) is 6.70. The van der Waals surface area contributed by atoms with Crippen LogP contribution in [0.15, 0.2) is 24.3 Å². The van der Waals surface area contributed by atoms with E-state index in [0.29, 0.717) is 18.4 Å². The first-order chi connectivity index (χ1) is 11.6. The van der Waals surface area contributed by atoms with Crippen molar-refractivity contribution < 1.29 is 14.4 Å². The summed E-state index contributed by atoms with van der Waals surface area (Å²) in [5, 5.41) is 0. The van der Waals surface area contributed by atoms with Gasteiger partial charge in [-0.25, -0.2) is 0 Å². The van der Waals surface area contributed by atoms with Crippen LogP contribution in [0, 0.1) is 23.2 Å². The lowest BCUT2D eigenvalue weighted by Gasteiger charge is -2.39. The predicted molar refractivity (Wildman–Crippen MR) is 98.1 cm³/mol. The summed E-state index contributed by atoms with van der Waals surface area (Å²) < 4.78 is 0. The summed E-state index contributed by atoms with van der Waals surface area (Å²) in [6.07, 6.45) is 1.30. The number of rotatable bonds is 2. The number of hydrogen-bond donors (Lipinski definition) is 2. The number of alkyl halides is 1. The zero-order chi connectivity index (χ0) is 18.6. The summed E-state index contributed by atoms with van der Waals surface area (Å²) in [7, 11) is 0. The molecule has 0 aliphatic heterocycles. The Balaban J connectivity index is 1.80. The number of nitrogens with one attached hydrogen (secondary N) is 2. The molecule has 6 heteroatoms. The summed E-state index contributed by atoms with van der Waals surface area (Å²) in [5.74, 6) is -0.610. The summed E-state index contributed by atoms with van der Waals surface area (Å²) >= 11 is 3.47. The minimum atomic E-state index is -0.862. The minimum absolute atomic E-state index is 0.0731. The Hall–Kier alpha value is -1.69. The van der Waals surface area contributed by atoms with E-state index in [4.69, 9.17) is 0 Å². The van der Waals surface area contributed by atoms with Crippen LogP contribution in [0.25, 0.3) is 0 Å². The van der Waals surface area contributed by atoms with Gasteiger partial charge in [0.05, 0.1) is 10.2 Å². The van der Waals surface area contributed by atoms with Gasteiger partial charge in [-0.3, -0.25) is 25.2 Å². The molecule has 0 aromatic heterocycles. The highest BCUT2D eigenvalue weighted by Crippen LogP contribution is 2.72. The van der Waals surface area contributed by atoms with Crippen molar-refractivity contribution in [3.05, 3.63) is 35.4 Å². The third-order valence-corrected chi connectivity index (χ3v) is 7.89. The van der Waals surface area contributed by atoms with Crippen molar-refractivity contribution in [3.8, 4) is 0 Å². The van der Waals surface area contributed by atoms with Crippen LogP contribution in [0.3, 0.4) is 0 Å². The number of ketones is 1. The number of carbonyl (C=O) groups is 3. The lowest BCUT2D eigenvalue weighted by molar-refractivity contribution is -0.136. The first-order valence-electron chi connectivity index (χ1n) is 8.44. The largest absolute Gasteiger partial charge is 0.298 e. The Morgan fingerprint density at radius 1 is 1.16 bits per heavy atom. The molecule has 5 nitrogen and oxygen atoms in total. The van der Waals surface area contributed by atoms with E-state index in [1.165, 1.54) is 0 Å². The Kier molecular flexibility index (Phi) is 4.10. The summed E-state index contributed by atoms with van der Waals surface area (Å²) in [4.78, 5) is 37.5. The molecule has 0 radical (unpaired) electrons. The molecule has 1 aromatic carbocycles. The van der Waals surface area contributed by atoms with Gasteiger partial charge in [-0.2, -0.15) is 0 Å². The van der Waals surface area contributed by atoms with Crippen molar-refractivity contribution in [3.63, 3.8) is 0 Å². The van der Waals surface area contributed by atoms with Gasteiger partial charge in [-0.15, -0.1) is 0 Å². The van der Waals surface area contributed by atoms with Crippen LogP contribution in [0.5, 0.6) is 0 Å². The van der Waals surface area contributed by atoms with Crippen molar-refractivity contribution in [1.29, 1.82) is 0 Å². The van der Waals surface area contributed by atoms with E-state index >= 15 is 0 Å². The molecule has 0 spiro atoms. The molecule has 2 aliphatic rings. The second-order valence-electron chi connectivity index (χ2n) is 7.93. The van der Waals surface area contributed by atoms with Crippen LogP contribution in [-0.2, 0) is 9.59 Å². The van der Waals surface area contributed by atoms with E-state index in [1.807, 2.05) is 33.8 Å². The Morgan fingerprint density at radius 2 is 1.84 bits per heavy atom. The van der Waals surface area contributed by atoms with Gasteiger partial charge >= 0.3 is 0 Å². The maximum Gasteiger partial charge on any atom is 0.269 e. The van der Waals surface area contributed by atoms with Gasteiger partial charge in [0, 0.05) is 11.0 Å². The van der Waals surface area contributed by atoms with Crippen molar-refractivity contribution >= 4 is 33.5 Å². The average Bonchev–Trinajstić information content (AvgIpc) is 2.84. The number of halogens is 1. The van der Waals surface area contributed by atoms with Crippen molar-refractivity contribution in [2.24, 2.45) is 16.2 Å². The molecule has 3 atom stereocenters. The number of aryl methyl sites for hydroxylation is 1. The van der Waals surface area contributed by atoms with E-state index in [2.05, 4.69) is 26.8 Å². The van der Waals surface area contributed by atoms with Gasteiger partial charge in [0.15, 0.2) is 5.78 Å². The lowest BCUT2D eigenvalue weighted by Crippen LogP contribution is -2.55. The highest BCUT2D eigenvalue weighted by molar-refractivity contribution is 9.10. The molecular weight excluding hydrogens is 384 g/mol. The Morgan fingerprint density at radius 3 is 2.40 bits per heavy atom. The quantitative estimate of drug-likeness (QED) is 0.585. The van der Waals surface area contributed by atoms with Gasteiger partial charge in [0.2, 0.25) is 5.91 Å². The maximum absolute atomic E-state index is 13.0. The number of carbonyl (C=O) groups excluding carboxylic acids is 3. The fourth-order valence-corrected chi connectivity index (χ4v) is 6.05. The molecule has 0 saturated heterocycles. The smallest absolute Gasteiger partial charge is 0.269 e. The average molecular weight is 407 g/mol. The van der Waals surface area contributed by atoms with Crippen molar-refractivity contribution in [2.45, 2.75) is 45.4 Å².